The summed E-state index contributed by atoms with van der Waals surface area (Å²) in [6.45, 7) is 2.03. The van der Waals surface area contributed by atoms with E-state index in [1.807, 2.05) is 13.0 Å². The molecule has 8 heteroatoms. The van der Waals surface area contributed by atoms with Gasteiger partial charge in [0, 0.05) is 15.6 Å². The van der Waals surface area contributed by atoms with Crippen LogP contribution in [0.5, 0.6) is 0 Å². The lowest BCUT2D eigenvalue weighted by Gasteiger charge is -2.14. The Labute approximate surface area is 143 Å². The highest BCUT2D eigenvalue weighted by Crippen LogP contribution is 2.26. The highest BCUT2D eigenvalue weighted by atomic mass is 35.5. The van der Waals surface area contributed by atoms with Gasteiger partial charge in [-0.2, -0.15) is 4.52 Å². The number of aromatic nitrogens is 4. The van der Waals surface area contributed by atoms with Gasteiger partial charge in [0.2, 0.25) is 0 Å². The van der Waals surface area contributed by atoms with Gasteiger partial charge in [-0.1, -0.05) is 30.1 Å². The average molecular weight is 352 g/mol. The second-order valence-corrected chi connectivity index (χ2v) is 5.98. The van der Waals surface area contributed by atoms with E-state index in [9.17, 15) is 5.11 Å². The van der Waals surface area contributed by atoms with Crippen LogP contribution >= 0.6 is 23.2 Å². The van der Waals surface area contributed by atoms with Crippen molar-refractivity contribution in [1.29, 1.82) is 0 Å². The zero-order chi connectivity index (χ0) is 16.4. The summed E-state index contributed by atoms with van der Waals surface area (Å²) in [7, 11) is 0. The van der Waals surface area contributed by atoms with Gasteiger partial charge in [-0.15, -0.1) is 15.3 Å². The highest BCUT2D eigenvalue weighted by molar-refractivity contribution is 6.35. The van der Waals surface area contributed by atoms with Crippen molar-refractivity contribution in [2.24, 2.45) is 0 Å². The normalized spacial score (nSPS) is 12.5. The topological polar surface area (TPSA) is 75.3 Å². The number of hydrogen-bond donors (Lipinski definition) is 2. The molecule has 0 radical (unpaired) electrons. The Balaban J connectivity index is 2.04. The standard InChI is InChI=1S/C15H15Cl2N5O/c1-2-12(8-23)18-13-3-4-14-19-20-15(22(14)21-13)9-5-10(16)7-11(17)6-9/h3-7,12,23H,2,8H2,1H3,(H,18,21)/t12-/m0/s1. The van der Waals surface area contributed by atoms with Gasteiger partial charge >= 0.3 is 0 Å². The zero-order valence-electron chi connectivity index (χ0n) is 12.4. The molecule has 0 amide bonds. The molecule has 0 bridgehead atoms. The fourth-order valence-corrected chi connectivity index (χ4v) is 2.74. The van der Waals surface area contributed by atoms with E-state index in [1.165, 1.54) is 0 Å². The molecule has 2 aromatic heterocycles. The first-order valence-electron chi connectivity index (χ1n) is 7.17. The van der Waals surface area contributed by atoms with Crippen molar-refractivity contribution in [1.82, 2.24) is 19.8 Å². The third-order valence-electron chi connectivity index (χ3n) is 3.45. The molecule has 6 nitrogen and oxygen atoms in total. The third-order valence-corrected chi connectivity index (χ3v) is 3.89. The maximum Gasteiger partial charge on any atom is 0.185 e. The Kier molecular flexibility index (Phi) is 4.66. The molecule has 0 saturated carbocycles. The molecule has 1 atom stereocenters. The SMILES string of the molecule is CC[C@@H](CO)Nc1ccc2nnc(-c3cc(Cl)cc(Cl)c3)n2n1. The van der Waals surface area contributed by atoms with E-state index in [-0.39, 0.29) is 12.6 Å². The van der Waals surface area contributed by atoms with Crippen LogP contribution in [-0.2, 0) is 0 Å². The number of nitrogens with one attached hydrogen (secondary N) is 1. The Morgan fingerprint density at radius 2 is 1.91 bits per heavy atom. The van der Waals surface area contributed by atoms with E-state index in [2.05, 4.69) is 20.6 Å². The molecule has 3 aromatic rings. The first-order valence-corrected chi connectivity index (χ1v) is 7.92. The number of hydrogen-bond acceptors (Lipinski definition) is 5. The Bertz CT molecular complexity index is 812. The molecular formula is C15H15Cl2N5O. The van der Waals surface area contributed by atoms with E-state index in [0.29, 0.717) is 27.3 Å². The van der Waals surface area contributed by atoms with Crippen LogP contribution < -0.4 is 5.32 Å². The van der Waals surface area contributed by atoms with Crippen molar-refractivity contribution in [3.05, 3.63) is 40.4 Å². The van der Waals surface area contributed by atoms with Crippen molar-refractivity contribution in [2.75, 3.05) is 11.9 Å². The summed E-state index contributed by atoms with van der Waals surface area (Å²) in [5, 5.41) is 26.3. The lowest BCUT2D eigenvalue weighted by atomic mass is 10.2. The van der Waals surface area contributed by atoms with Crippen molar-refractivity contribution in [2.45, 2.75) is 19.4 Å². The molecule has 23 heavy (non-hydrogen) atoms. The van der Waals surface area contributed by atoms with Gasteiger partial charge in [0.05, 0.1) is 12.6 Å². The molecule has 0 aliphatic carbocycles. The first kappa shape index (κ1) is 16.0. The zero-order valence-corrected chi connectivity index (χ0v) is 13.9. The summed E-state index contributed by atoms with van der Waals surface area (Å²) < 4.78 is 1.62. The predicted molar refractivity (Wildman–Crippen MR) is 91.0 cm³/mol. The second kappa shape index (κ2) is 6.70. The molecule has 1 aromatic carbocycles. The number of halogens is 2. The molecule has 0 unspecified atom stereocenters. The summed E-state index contributed by atoms with van der Waals surface area (Å²) >= 11 is 12.1. The van der Waals surface area contributed by atoms with Gasteiger partial charge in [0.1, 0.15) is 5.82 Å². The van der Waals surface area contributed by atoms with Crippen molar-refractivity contribution in [3.8, 4) is 11.4 Å². The molecule has 3 rings (SSSR count). The van der Waals surface area contributed by atoms with Crippen LogP contribution in [0.15, 0.2) is 30.3 Å². The largest absolute Gasteiger partial charge is 0.394 e. The molecule has 0 saturated heterocycles. The number of nitrogens with zero attached hydrogens (tertiary/aromatic N) is 4. The van der Waals surface area contributed by atoms with Crippen LogP contribution in [0.25, 0.3) is 17.0 Å². The minimum Gasteiger partial charge on any atom is -0.394 e. The van der Waals surface area contributed by atoms with Crippen LogP contribution in [0.3, 0.4) is 0 Å². The summed E-state index contributed by atoms with van der Waals surface area (Å²) in [5.41, 5.74) is 1.34. The van der Waals surface area contributed by atoms with Gasteiger partial charge in [-0.05, 0) is 36.8 Å². The van der Waals surface area contributed by atoms with E-state index in [1.54, 1.807) is 28.8 Å². The summed E-state index contributed by atoms with van der Waals surface area (Å²) in [4.78, 5) is 0. The number of aliphatic hydroxyl groups is 1. The fourth-order valence-electron chi connectivity index (χ4n) is 2.21. The van der Waals surface area contributed by atoms with Crippen LogP contribution in [0.4, 0.5) is 5.82 Å². The first-order chi connectivity index (χ1) is 11.1. The number of fused-ring (bicyclic) bond motifs is 1. The minimum absolute atomic E-state index is 0.0369. The van der Waals surface area contributed by atoms with Gasteiger partial charge in [-0.3, -0.25) is 0 Å². The third kappa shape index (κ3) is 3.39. The molecule has 0 fully saturated rings. The minimum atomic E-state index is -0.0551. The Morgan fingerprint density at radius 3 is 2.57 bits per heavy atom. The number of rotatable bonds is 5. The monoisotopic (exact) mass is 351 g/mol. The second-order valence-electron chi connectivity index (χ2n) is 5.10. The van der Waals surface area contributed by atoms with Gasteiger partial charge in [-0.25, -0.2) is 0 Å². The van der Waals surface area contributed by atoms with E-state index >= 15 is 0 Å². The lowest BCUT2D eigenvalue weighted by Crippen LogP contribution is -2.23. The van der Waals surface area contributed by atoms with Crippen molar-refractivity contribution < 1.29 is 5.11 Å². The molecule has 2 N–H and O–H groups in total. The molecular weight excluding hydrogens is 337 g/mol. The highest BCUT2D eigenvalue weighted by Gasteiger charge is 2.12. The van der Waals surface area contributed by atoms with Gasteiger partial charge in [0.15, 0.2) is 11.5 Å². The maximum absolute atomic E-state index is 9.30. The van der Waals surface area contributed by atoms with Crippen LogP contribution in [-0.4, -0.2) is 37.6 Å². The van der Waals surface area contributed by atoms with Gasteiger partial charge < -0.3 is 10.4 Å². The van der Waals surface area contributed by atoms with E-state index in [0.717, 1.165) is 12.0 Å². The maximum atomic E-state index is 9.30. The number of aliphatic hydroxyl groups excluding tert-OH is 1. The molecule has 120 valence electrons. The molecule has 0 aliphatic rings. The van der Waals surface area contributed by atoms with Crippen LogP contribution in [0, 0.1) is 0 Å². The Morgan fingerprint density at radius 1 is 1.17 bits per heavy atom. The lowest BCUT2D eigenvalue weighted by molar-refractivity contribution is 0.271. The van der Waals surface area contributed by atoms with Crippen LogP contribution in [0.2, 0.25) is 10.0 Å². The van der Waals surface area contributed by atoms with Gasteiger partial charge in [0.25, 0.3) is 0 Å². The Hall–Kier alpha value is -1.89. The summed E-state index contributed by atoms with van der Waals surface area (Å²) in [5.74, 6) is 1.18. The smallest absolute Gasteiger partial charge is 0.185 e. The molecule has 2 heterocycles. The predicted octanol–water partition coefficient (Wildman–Crippen LogP) is 3.28. The quantitative estimate of drug-likeness (QED) is 0.737. The fraction of sp³-hybridized carbons (Fsp3) is 0.267. The number of anilines is 1. The van der Waals surface area contributed by atoms with Crippen molar-refractivity contribution >= 4 is 34.7 Å². The van der Waals surface area contributed by atoms with E-state index in [4.69, 9.17) is 23.2 Å². The van der Waals surface area contributed by atoms with E-state index < -0.39 is 0 Å². The molecule has 0 aliphatic heterocycles. The van der Waals surface area contributed by atoms with Crippen LogP contribution in [0.1, 0.15) is 13.3 Å². The summed E-state index contributed by atoms with van der Waals surface area (Å²) in [6.07, 6.45) is 0.787. The molecule has 0 spiro atoms. The number of benzene rings is 1. The van der Waals surface area contributed by atoms with Crippen molar-refractivity contribution in [3.63, 3.8) is 0 Å². The summed E-state index contributed by atoms with van der Waals surface area (Å²) in [6, 6.07) is 8.73. The average Bonchev–Trinajstić information content (AvgIpc) is 2.94.